The zero-order valence-electron chi connectivity index (χ0n) is 13.9. The fraction of sp³-hybridized carbons (Fsp3) is 0.105. The summed E-state index contributed by atoms with van der Waals surface area (Å²) in [5, 5.41) is 11.7. The fourth-order valence-electron chi connectivity index (χ4n) is 2.37. The summed E-state index contributed by atoms with van der Waals surface area (Å²) in [7, 11) is 0. The van der Waals surface area contributed by atoms with E-state index in [-0.39, 0.29) is 6.54 Å². The summed E-state index contributed by atoms with van der Waals surface area (Å²) in [5.41, 5.74) is 2.36. The Bertz CT molecular complexity index is 912. The van der Waals surface area contributed by atoms with Crippen LogP contribution in [0, 0.1) is 0 Å². The van der Waals surface area contributed by atoms with Crippen molar-refractivity contribution in [1.29, 1.82) is 0 Å². The van der Waals surface area contributed by atoms with Gasteiger partial charge in [0.05, 0.1) is 15.8 Å². The van der Waals surface area contributed by atoms with Crippen LogP contribution in [0.4, 0.5) is 4.79 Å². The second kappa shape index (κ2) is 8.86. The average Bonchev–Trinajstić information content (AvgIpc) is 2.99. The maximum absolute atomic E-state index is 10.7. The predicted molar refractivity (Wildman–Crippen MR) is 112 cm³/mol. The molecule has 2 N–H and O–H groups in total. The van der Waals surface area contributed by atoms with Gasteiger partial charge in [-0.05, 0) is 41.6 Å². The van der Waals surface area contributed by atoms with Crippen molar-refractivity contribution in [1.82, 2.24) is 5.32 Å². The summed E-state index contributed by atoms with van der Waals surface area (Å²) in [4.78, 5) is 13.8. The first-order valence-electron chi connectivity index (χ1n) is 7.72. The molecule has 7 heteroatoms. The molecule has 0 saturated heterocycles. The van der Waals surface area contributed by atoms with Gasteiger partial charge in [0.1, 0.15) is 0 Å². The third-order valence-electron chi connectivity index (χ3n) is 3.58. The number of hydrogen-bond acceptors (Lipinski definition) is 4. The number of benzene rings is 2. The molecule has 3 aromatic rings. The molecule has 0 atom stereocenters. The molecule has 1 heterocycles. The molecule has 134 valence electrons. The highest BCUT2D eigenvalue weighted by Gasteiger charge is 2.11. The van der Waals surface area contributed by atoms with Crippen LogP contribution >= 0.6 is 46.5 Å². The van der Waals surface area contributed by atoms with Crippen LogP contribution < -0.4 is 5.32 Å². The number of thiophene rings is 1. The lowest BCUT2D eigenvalue weighted by molar-refractivity contribution is 0.194. The number of nitrogens with one attached hydrogen (secondary N) is 1. The van der Waals surface area contributed by atoms with Crippen molar-refractivity contribution < 1.29 is 9.90 Å². The number of rotatable bonds is 6. The van der Waals surface area contributed by atoms with Gasteiger partial charge < -0.3 is 10.4 Å². The van der Waals surface area contributed by atoms with E-state index >= 15 is 0 Å². The Morgan fingerprint density at radius 2 is 1.85 bits per heavy atom. The van der Waals surface area contributed by atoms with Crippen molar-refractivity contribution in [2.45, 2.75) is 20.5 Å². The van der Waals surface area contributed by atoms with E-state index < -0.39 is 6.09 Å². The van der Waals surface area contributed by atoms with Crippen LogP contribution in [0.15, 0.2) is 68.6 Å². The third kappa shape index (κ3) is 4.98. The minimum absolute atomic E-state index is 0.222. The maximum Gasteiger partial charge on any atom is 0.404 e. The van der Waals surface area contributed by atoms with Gasteiger partial charge in [-0.15, -0.1) is 23.1 Å². The molecule has 0 aliphatic carbocycles. The molecule has 0 aliphatic heterocycles. The Balaban J connectivity index is 1.86. The monoisotopic (exact) mass is 421 g/mol. The molecule has 3 rings (SSSR count). The summed E-state index contributed by atoms with van der Waals surface area (Å²) in [6.45, 7) is 0.222. The Morgan fingerprint density at radius 1 is 1.12 bits per heavy atom. The summed E-state index contributed by atoms with van der Waals surface area (Å²) in [5.74, 6) is 0. The van der Waals surface area contributed by atoms with Crippen LogP contribution in [0.3, 0.4) is 0 Å². The fourth-order valence-corrected chi connectivity index (χ4v) is 5.62. The lowest BCUT2D eigenvalue weighted by Crippen LogP contribution is -2.19. The van der Waals surface area contributed by atoms with Gasteiger partial charge >= 0.3 is 6.09 Å². The van der Waals surface area contributed by atoms with Crippen molar-refractivity contribution in [3.63, 3.8) is 0 Å². The van der Waals surface area contributed by atoms with Gasteiger partial charge in [-0.25, -0.2) is 4.79 Å². The number of carbonyl (C=O) groups is 1. The molecule has 0 fully saturated rings. The normalized spacial score (nSPS) is 10.7. The number of hydrogen-bond donors (Lipinski definition) is 2. The SMILES string of the molecule is CSc1cc(Sc2cc(Cl)c(CNC(=O)O)s2)cc(-c2ccccc2)c1. The van der Waals surface area contributed by atoms with Gasteiger partial charge in [-0.1, -0.05) is 53.7 Å². The molecule has 3 nitrogen and oxygen atoms in total. The van der Waals surface area contributed by atoms with E-state index in [0.717, 1.165) is 14.0 Å². The minimum Gasteiger partial charge on any atom is -0.465 e. The highest BCUT2D eigenvalue weighted by molar-refractivity contribution is 8.01. The number of carboxylic acid groups (broad SMARTS) is 1. The number of amides is 1. The van der Waals surface area contributed by atoms with Crippen molar-refractivity contribution in [2.24, 2.45) is 0 Å². The van der Waals surface area contributed by atoms with E-state index in [2.05, 4.69) is 41.9 Å². The lowest BCUT2D eigenvalue weighted by Gasteiger charge is -2.08. The van der Waals surface area contributed by atoms with Gasteiger partial charge in [0.15, 0.2) is 0 Å². The molecule has 0 spiro atoms. The average molecular weight is 422 g/mol. The highest BCUT2D eigenvalue weighted by atomic mass is 35.5. The molecular weight excluding hydrogens is 406 g/mol. The molecule has 0 radical (unpaired) electrons. The molecule has 1 amide bonds. The van der Waals surface area contributed by atoms with Crippen molar-refractivity contribution in [2.75, 3.05) is 6.26 Å². The molecule has 0 unspecified atom stereocenters. The van der Waals surface area contributed by atoms with Crippen molar-refractivity contribution >= 4 is 52.6 Å². The Kier molecular flexibility index (Phi) is 6.53. The summed E-state index contributed by atoms with van der Waals surface area (Å²) in [6.07, 6.45) is 1.01. The molecule has 0 saturated carbocycles. The Morgan fingerprint density at radius 3 is 2.54 bits per heavy atom. The van der Waals surface area contributed by atoms with E-state index in [0.29, 0.717) is 5.02 Å². The van der Waals surface area contributed by atoms with Gasteiger partial charge in [0, 0.05) is 14.7 Å². The molecule has 0 bridgehead atoms. The number of halogens is 1. The van der Waals surface area contributed by atoms with Gasteiger partial charge in [0.25, 0.3) is 0 Å². The van der Waals surface area contributed by atoms with Crippen LogP contribution in [0.25, 0.3) is 11.1 Å². The minimum atomic E-state index is -1.05. The van der Waals surface area contributed by atoms with Crippen LogP contribution in [0.1, 0.15) is 4.88 Å². The quantitative estimate of drug-likeness (QED) is 0.434. The van der Waals surface area contributed by atoms with E-state index in [1.54, 1.807) is 23.5 Å². The Hall–Kier alpha value is -1.60. The molecule has 26 heavy (non-hydrogen) atoms. The summed E-state index contributed by atoms with van der Waals surface area (Å²) < 4.78 is 1.04. The topological polar surface area (TPSA) is 49.3 Å². The van der Waals surface area contributed by atoms with E-state index in [1.807, 2.05) is 24.3 Å². The van der Waals surface area contributed by atoms with Crippen molar-refractivity contribution in [3.8, 4) is 11.1 Å². The van der Waals surface area contributed by atoms with Crippen molar-refractivity contribution in [3.05, 3.63) is 64.5 Å². The van der Waals surface area contributed by atoms with Gasteiger partial charge in [-0.3, -0.25) is 0 Å². The van der Waals surface area contributed by atoms with Gasteiger partial charge in [-0.2, -0.15) is 0 Å². The molecule has 0 aliphatic rings. The molecule has 1 aromatic heterocycles. The van der Waals surface area contributed by atoms with Crippen LogP contribution in [0.2, 0.25) is 5.02 Å². The standard InChI is InChI=1S/C19H16ClNO2S3/c1-24-14-7-13(12-5-3-2-4-6-12)8-15(9-14)25-18-10-16(20)17(26-18)11-21-19(22)23/h2-10,21H,11H2,1H3,(H,22,23). The Labute approximate surface area is 169 Å². The first-order chi connectivity index (χ1) is 12.5. The summed E-state index contributed by atoms with van der Waals surface area (Å²) >= 11 is 11.1. The smallest absolute Gasteiger partial charge is 0.404 e. The van der Waals surface area contributed by atoms with E-state index in [1.165, 1.54) is 27.4 Å². The first-order valence-corrected chi connectivity index (χ1v) is 11.0. The third-order valence-corrected chi connectivity index (χ3v) is 6.95. The second-order valence-corrected chi connectivity index (χ2v) is 9.16. The number of thioether (sulfide) groups is 1. The largest absolute Gasteiger partial charge is 0.465 e. The van der Waals surface area contributed by atoms with Crippen LogP contribution in [-0.2, 0) is 6.54 Å². The van der Waals surface area contributed by atoms with Crippen LogP contribution in [0.5, 0.6) is 0 Å². The zero-order valence-corrected chi connectivity index (χ0v) is 17.1. The molecular formula is C19H16ClNO2S3. The highest BCUT2D eigenvalue weighted by Crippen LogP contribution is 2.40. The van der Waals surface area contributed by atoms with Gasteiger partial charge in [0.2, 0.25) is 0 Å². The zero-order chi connectivity index (χ0) is 18.5. The predicted octanol–water partition coefficient (Wildman–Crippen LogP) is 6.71. The van der Waals surface area contributed by atoms with E-state index in [4.69, 9.17) is 16.7 Å². The van der Waals surface area contributed by atoms with E-state index in [9.17, 15) is 4.79 Å². The van der Waals surface area contributed by atoms with Crippen LogP contribution in [-0.4, -0.2) is 17.5 Å². The first kappa shape index (κ1) is 19.2. The maximum atomic E-state index is 10.7. The lowest BCUT2D eigenvalue weighted by atomic mass is 10.1. The molecule has 2 aromatic carbocycles. The second-order valence-electron chi connectivity index (χ2n) is 5.36. The summed E-state index contributed by atoms with van der Waals surface area (Å²) in [6, 6.07) is 18.7.